The second-order valence-electron chi connectivity index (χ2n) is 8.70. The van der Waals surface area contributed by atoms with Gasteiger partial charge in [-0.2, -0.15) is 5.26 Å². The number of nitrogens with one attached hydrogen (secondary N) is 1. The summed E-state index contributed by atoms with van der Waals surface area (Å²) in [5, 5.41) is 17.0. The molecule has 0 fully saturated rings. The quantitative estimate of drug-likeness (QED) is 0.101. The minimum absolute atomic E-state index is 0.0225. The third-order valence-corrected chi connectivity index (χ3v) is 6.00. The number of hydrogen-bond donors (Lipinski definition) is 1. The van der Waals surface area contributed by atoms with E-state index in [1.165, 1.54) is 0 Å². The molecule has 0 radical (unpaired) electrons. The Labute approximate surface area is 246 Å². The smallest absolute Gasteiger partial charge is 0.349 e. The third-order valence-electron chi connectivity index (χ3n) is 6.00. The molecule has 1 N–H and O–H groups in total. The SMILES string of the molecule is CCOC(=O)C(C#N)=C(c1ccccc1)c1ccccc1.CCOC(=O)C(C=N)=C(c1ccccc1)c1ccccc1. The summed E-state index contributed by atoms with van der Waals surface area (Å²) in [6.07, 6.45) is 1.06. The van der Waals surface area contributed by atoms with Crippen LogP contribution in [-0.2, 0) is 19.1 Å². The molecule has 4 aromatic carbocycles. The van der Waals surface area contributed by atoms with Gasteiger partial charge in [-0.25, -0.2) is 9.59 Å². The van der Waals surface area contributed by atoms with Crippen LogP contribution in [0.15, 0.2) is 132 Å². The Morgan fingerprint density at radius 3 is 1.26 bits per heavy atom. The zero-order chi connectivity index (χ0) is 30.2. The monoisotopic (exact) mass is 556 g/mol. The van der Waals surface area contributed by atoms with Crippen molar-refractivity contribution in [1.29, 1.82) is 10.7 Å². The standard InChI is InChI=1S/C18H17NO2.C18H15NO2/c2*1-2-21-18(20)16(13-19)17(14-9-5-3-6-10-14)15-11-7-4-8-12-15/h3-13,19H,2H2,1H3;3-12H,2H2,1H3. The number of rotatable bonds is 9. The van der Waals surface area contributed by atoms with E-state index in [9.17, 15) is 14.9 Å². The molecular formula is C36H32N2O4. The Morgan fingerprint density at radius 2 is 0.952 bits per heavy atom. The predicted molar refractivity (Wildman–Crippen MR) is 165 cm³/mol. The van der Waals surface area contributed by atoms with Gasteiger partial charge in [-0.3, -0.25) is 0 Å². The highest BCUT2D eigenvalue weighted by Gasteiger charge is 2.19. The molecule has 6 nitrogen and oxygen atoms in total. The van der Waals surface area contributed by atoms with Crippen molar-refractivity contribution >= 4 is 29.3 Å². The normalized spacial score (nSPS) is 9.64. The lowest BCUT2D eigenvalue weighted by molar-refractivity contribution is -0.138. The molecule has 6 heteroatoms. The zero-order valence-corrected chi connectivity index (χ0v) is 23.6. The molecule has 0 atom stereocenters. The summed E-state index contributed by atoms with van der Waals surface area (Å²) in [6.45, 7) is 4.00. The number of ether oxygens (including phenoxy) is 2. The van der Waals surface area contributed by atoms with Crippen molar-refractivity contribution in [2.24, 2.45) is 0 Å². The summed E-state index contributed by atoms with van der Waals surface area (Å²) < 4.78 is 10.1. The highest BCUT2D eigenvalue weighted by molar-refractivity contribution is 6.17. The average molecular weight is 557 g/mol. The van der Waals surface area contributed by atoms with Gasteiger partial charge in [-0.1, -0.05) is 121 Å². The highest BCUT2D eigenvalue weighted by atomic mass is 16.5. The molecule has 4 rings (SSSR count). The van der Waals surface area contributed by atoms with E-state index in [0.717, 1.165) is 28.5 Å². The van der Waals surface area contributed by atoms with Gasteiger partial charge in [0.25, 0.3) is 0 Å². The van der Waals surface area contributed by atoms with Crippen LogP contribution < -0.4 is 0 Å². The number of esters is 2. The number of carbonyl (C=O) groups is 2. The first-order valence-electron chi connectivity index (χ1n) is 13.5. The first kappa shape index (κ1) is 31.0. The van der Waals surface area contributed by atoms with Crippen LogP contribution in [0.5, 0.6) is 0 Å². The van der Waals surface area contributed by atoms with E-state index in [0.29, 0.717) is 11.1 Å². The number of hydrogen-bond acceptors (Lipinski definition) is 6. The fourth-order valence-electron chi connectivity index (χ4n) is 4.20. The summed E-state index contributed by atoms with van der Waals surface area (Å²) in [5.74, 6) is -1.07. The minimum atomic E-state index is -0.595. The van der Waals surface area contributed by atoms with Gasteiger partial charge in [0, 0.05) is 17.4 Å². The Hall–Kier alpha value is -5.54. The lowest BCUT2D eigenvalue weighted by Gasteiger charge is -2.12. The fraction of sp³-hybridized carbons (Fsp3) is 0.111. The van der Waals surface area contributed by atoms with E-state index in [1.807, 2.05) is 127 Å². The Morgan fingerprint density at radius 1 is 0.619 bits per heavy atom. The molecule has 0 aromatic heterocycles. The molecule has 0 unspecified atom stereocenters. The minimum Gasteiger partial charge on any atom is -0.462 e. The van der Waals surface area contributed by atoms with Crippen LogP contribution in [0.1, 0.15) is 36.1 Å². The van der Waals surface area contributed by atoms with Gasteiger partial charge in [0.2, 0.25) is 0 Å². The number of carbonyl (C=O) groups excluding carboxylic acids is 2. The number of nitriles is 1. The second-order valence-corrected chi connectivity index (χ2v) is 8.70. The van der Waals surface area contributed by atoms with Crippen LogP contribution >= 0.6 is 0 Å². The van der Waals surface area contributed by atoms with Crippen molar-refractivity contribution < 1.29 is 19.1 Å². The Kier molecular flexibility index (Phi) is 12.2. The van der Waals surface area contributed by atoms with Crippen molar-refractivity contribution in [2.45, 2.75) is 13.8 Å². The molecule has 0 spiro atoms. The second kappa shape index (κ2) is 16.5. The highest BCUT2D eigenvalue weighted by Crippen LogP contribution is 2.28. The first-order chi connectivity index (χ1) is 20.5. The van der Waals surface area contributed by atoms with Gasteiger partial charge in [-0.05, 0) is 36.1 Å². The van der Waals surface area contributed by atoms with Crippen molar-refractivity contribution in [1.82, 2.24) is 0 Å². The van der Waals surface area contributed by atoms with Gasteiger partial charge in [-0.15, -0.1) is 0 Å². The maximum Gasteiger partial charge on any atom is 0.349 e. The van der Waals surface area contributed by atoms with E-state index in [2.05, 4.69) is 0 Å². The van der Waals surface area contributed by atoms with Crippen LogP contribution in [-0.4, -0.2) is 31.4 Å². The van der Waals surface area contributed by atoms with E-state index in [-0.39, 0.29) is 24.4 Å². The maximum absolute atomic E-state index is 12.1. The third kappa shape index (κ3) is 8.23. The molecule has 0 saturated carbocycles. The van der Waals surface area contributed by atoms with E-state index in [4.69, 9.17) is 14.9 Å². The van der Waals surface area contributed by atoms with Crippen LogP contribution in [0.2, 0.25) is 0 Å². The van der Waals surface area contributed by atoms with Crippen LogP contribution in [0, 0.1) is 16.7 Å². The summed E-state index contributed by atoms with van der Waals surface area (Å²) in [5.41, 5.74) is 4.98. The van der Waals surface area contributed by atoms with E-state index in [1.54, 1.807) is 13.8 Å². The zero-order valence-electron chi connectivity index (χ0n) is 23.6. The van der Waals surface area contributed by atoms with Crippen molar-refractivity contribution in [3.05, 3.63) is 155 Å². The summed E-state index contributed by atoms with van der Waals surface area (Å²) in [7, 11) is 0. The number of benzene rings is 4. The van der Waals surface area contributed by atoms with Gasteiger partial charge >= 0.3 is 11.9 Å². The molecule has 0 saturated heterocycles. The molecule has 0 bridgehead atoms. The summed E-state index contributed by atoms with van der Waals surface area (Å²) in [6, 6.07) is 39.9. The topological polar surface area (TPSA) is 100 Å². The molecule has 0 aliphatic rings. The average Bonchev–Trinajstić information content (AvgIpc) is 3.04. The van der Waals surface area contributed by atoms with Gasteiger partial charge in [0.1, 0.15) is 11.6 Å². The number of nitrogens with zero attached hydrogens (tertiary/aromatic N) is 1. The Bertz CT molecular complexity index is 1490. The molecule has 210 valence electrons. The molecule has 0 heterocycles. The molecule has 0 amide bonds. The van der Waals surface area contributed by atoms with Crippen molar-refractivity contribution in [3.8, 4) is 6.07 Å². The lowest BCUT2D eigenvalue weighted by atomic mass is 9.93. The largest absolute Gasteiger partial charge is 0.462 e. The predicted octanol–water partition coefficient (Wildman–Crippen LogP) is 7.28. The summed E-state index contributed by atoms with van der Waals surface area (Å²) in [4.78, 5) is 24.2. The first-order valence-corrected chi connectivity index (χ1v) is 13.5. The van der Waals surface area contributed by atoms with Crippen LogP contribution in [0.4, 0.5) is 0 Å². The lowest BCUT2D eigenvalue weighted by Crippen LogP contribution is -2.11. The maximum atomic E-state index is 12.1. The van der Waals surface area contributed by atoms with Crippen molar-refractivity contribution in [3.63, 3.8) is 0 Å². The van der Waals surface area contributed by atoms with Crippen LogP contribution in [0.3, 0.4) is 0 Å². The van der Waals surface area contributed by atoms with Gasteiger partial charge in [0.05, 0.1) is 18.8 Å². The van der Waals surface area contributed by atoms with E-state index < -0.39 is 11.9 Å². The van der Waals surface area contributed by atoms with Gasteiger partial charge in [0.15, 0.2) is 0 Å². The fourth-order valence-corrected chi connectivity index (χ4v) is 4.20. The summed E-state index contributed by atoms with van der Waals surface area (Å²) >= 11 is 0. The molecule has 0 aliphatic heterocycles. The molecule has 42 heavy (non-hydrogen) atoms. The molecular weight excluding hydrogens is 524 g/mol. The van der Waals surface area contributed by atoms with E-state index >= 15 is 0 Å². The Balaban J connectivity index is 0.000000230. The van der Waals surface area contributed by atoms with Gasteiger partial charge < -0.3 is 14.9 Å². The van der Waals surface area contributed by atoms with Crippen molar-refractivity contribution in [2.75, 3.05) is 13.2 Å². The molecule has 4 aromatic rings. The molecule has 0 aliphatic carbocycles. The van der Waals surface area contributed by atoms with Crippen LogP contribution in [0.25, 0.3) is 11.1 Å².